The third-order valence-corrected chi connectivity index (χ3v) is 2.51. The highest BCUT2D eigenvalue weighted by Gasteiger charge is 2.07. The first-order valence-corrected chi connectivity index (χ1v) is 4.75. The van der Waals surface area contributed by atoms with Gasteiger partial charge in [-0.05, 0) is 29.3 Å². The SMILES string of the molecule is COC(C)c1[c]ccc2ccccc12. The molecule has 0 aromatic heterocycles. The number of benzene rings is 2. The molecule has 0 fully saturated rings. The van der Waals surface area contributed by atoms with Gasteiger partial charge in [-0.3, -0.25) is 0 Å². The second kappa shape index (κ2) is 3.81. The van der Waals surface area contributed by atoms with Crippen molar-refractivity contribution in [3.63, 3.8) is 0 Å². The van der Waals surface area contributed by atoms with E-state index in [-0.39, 0.29) is 6.10 Å². The van der Waals surface area contributed by atoms with Crippen LogP contribution in [0.5, 0.6) is 0 Å². The van der Waals surface area contributed by atoms with E-state index in [1.807, 2.05) is 25.1 Å². The topological polar surface area (TPSA) is 9.23 Å². The number of ether oxygens (including phenoxy) is 1. The largest absolute Gasteiger partial charge is 0.377 e. The molecule has 1 radical (unpaired) electrons. The third kappa shape index (κ3) is 1.51. The molecule has 1 atom stereocenters. The Balaban J connectivity index is 2.65. The monoisotopic (exact) mass is 185 g/mol. The van der Waals surface area contributed by atoms with Crippen molar-refractivity contribution < 1.29 is 4.74 Å². The van der Waals surface area contributed by atoms with E-state index in [4.69, 9.17) is 4.74 Å². The Kier molecular flexibility index (Phi) is 2.51. The molecule has 1 nitrogen and oxygen atoms in total. The zero-order valence-corrected chi connectivity index (χ0v) is 8.45. The van der Waals surface area contributed by atoms with Crippen molar-refractivity contribution in [3.05, 3.63) is 48.0 Å². The highest BCUT2D eigenvalue weighted by Crippen LogP contribution is 2.24. The number of hydrogen-bond donors (Lipinski definition) is 0. The fraction of sp³-hybridized carbons (Fsp3) is 0.231. The number of rotatable bonds is 2. The van der Waals surface area contributed by atoms with Crippen LogP contribution in [0.25, 0.3) is 10.8 Å². The second-order valence-electron chi connectivity index (χ2n) is 3.36. The second-order valence-corrected chi connectivity index (χ2v) is 3.36. The minimum absolute atomic E-state index is 0.0982. The van der Waals surface area contributed by atoms with Gasteiger partial charge in [0.25, 0.3) is 0 Å². The predicted molar refractivity (Wildman–Crippen MR) is 58.2 cm³/mol. The molecule has 0 aliphatic rings. The average molecular weight is 185 g/mol. The first-order chi connectivity index (χ1) is 6.83. The highest BCUT2D eigenvalue weighted by molar-refractivity contribution is 5.85. The quantitative estimate of drug-likeness (QED) is 0.697. The van der Waals surface area contributed by atoms with E-state index >= 15 is 0 Å². The molecule has 0 saturated carbocycles. The van der Waals surface area contributed by atoms with Crippen LogP contribution in [0.1, 0.15) is 18.6 Å². The molecule has 0 aliphatic heterocycles. The molecule has 2 aromatic carbocycles. The van der Waals surface area contributed by atoms with Crippen molar-refractivity contribution >= 4 is 10.8 Å². The van der Waals surface area contributed by atoms with Gasteiger partial charge in [-0.2, -0.15) is 0 Å². The van der Waals surface area contributed by atoms with E-state index in [1.165, 1.54) is 10.8 Å². The van der Waals surface area contributed by atoms with Gasteiger partial charge < -0.3 is 4.74 Å². The summed E-state index contributed by atoms with van der Waals surface area (Å²) in [5.74, 6) is 0. The number of hydrogen-bond acceptors (Lipinski definition) is 1. The van der Waals surface area contributed by atoms with Crippen LogP contribution >= 0.6 is 0 Å². The van der Waals surface area contributed by atoms with Crippen molar-refractivity contribution in [1.29, 1.82) is 0 Å². The van der Waals surface area contributed by atoms with Gasteiger partial charge in [0.1, 0.15) is 0 Å². The maximum absolute atomic E-state index is 5.31. The van der Waals surface area contributed by atoms with Gasteiger partial charge in [0.2, 0.25) is 0 Å². The van der Waals surface area contributed by atoms with Crippen molar-refractivity contribution in [1.82, 2.24) is 0 Å². The zero-order valence-electron chi connectivity index (χ0n) is 8.45. The Hall–Kier alpha value is -1.34. The molecule has 2 rings (SSSR count). The van der Waals surface area contributed by atoms with E-state index in [0.29, 0.717) is 0 Å². The highest BCUT2D eigenvalue weighted by atomic mass is 16.5. The van der Waals surface area contributed by atoms with Crippen molar-refractivity contribution in [2.75, 3.05) is 7.11 Å². The summed E-state index contributed by atoms with van der Waals surface area (Å²) in [6, 6.07) is 15.6. The van der Waals surface area contributed by atoms with E-state index in [9.17, 15) is 0 Å². The summed E-state index contributed by atoms with van der Waals surface area (Å²) in [6.07, 6.45) is 0.0982. The lowest BCUT2D eigenvalue weighted by Gasteiger charge is -2.12. The van der Waals surface area contributed by atoms with Gasteiger partial charge in [-0.25, -0.2) is 0 Å². The van der Waals surface area contributed by atoms with E-state index < -0.39 is 0 Å². The van der Waals surface area contributed by atoms with Crippen LogP contribution in [0.2, 0.25) is 0 Å². The van der Waals surface area contributed by atoms with E-state index in [1.54, 1.807) is 7.11 Å². The zero-order chi connectivity index (χ0) is 9.97. The molecule has 1 unspecified atom stereocenters. The van der Waals surface area contributed by atoms with E-state index in [2.05, 4.69) is 24.3 Å². The van der Waals surface area contributed by atoms with Crippen LogP contribution in [0, 0.1) is 6.07 Å². The molecule has 2 aromatic rings. The normalized spacial score (nSPS) is 13.0. The molecule has 0 amide bonds. The molecule has 0 saturated heterocycles. The minimum atomic E-state index is 0.0982. The smallest absolute Gasteiger partial charge is 0.0805 e. The summed E-state index contributed by atoms with van der Waals surface area (Å²) < 4.78 is 5.31. The van der Waals surface area contributed by atoms with Gasteiger partial charge in [-0.1, -0.05) is 36.4 Å². The maximum Gasteiger partial charge on any atom is 0.0805 e. The molecule has 71 valence electrons. The van der Waals surface area contributed by atoms with Crippen LogP contribution in [-0.4, -0.2) is 7.11 Å². The third-order valence-electron chi connectivity index (χ3n) is 2.51. The molecule has 0 heterocycles. The number of fused-ring (bicyclic) bond motifs is 1. The molecule has 14 heavy (non-hydrogen) atoms. The van der Waals surface area contributed by atoms with Gasteiger partial charge in [0.15, 0.2) is 0 Å². The van der Waals surface area contributed by atoms with Crippen LogP contribution in [0.3, 0.4) is 0 Å². The Labute approximate surface area is 84.3 Å². The Morgan fingerprint density at radius 3 is 2.79 bits per heavy atom. The predicted octanol–water partition coefficient (Wildman–Crippen LogP) is 3.35. The first kappa shape index (κ1) is 9.22. The standard InChI is InChI=1S/C13H13O/c1-10(14-2)12-9-5-7-11-6-3-4-8-13(11)12/h3-8,10H,1-2H3. The Morgan fingerprint density at radius 2 is 2.00 bits per heavy atom. The summed E-state index contributed by atoms with van der Waals surface area (Å²) in [4.78, 5) is 0. The molecule has 0 spiro atoms. The Bertz CT molecular complexity index is 429. The first-order valence-electron chi connectivity index (χ1n) is 4.75. The molecule has 1 heteroatoms. The fourth-order valence-corrected chi connectivity index (χ4v) is 1.64. The molecule has 0 N–H and O–H groups in total. The van der Waals surface area contributed by atoms with Crippen molar-refractivity contribution in [2.24, 2.45) is 0 Å². The number of methoxy groups -OCH3 is 1. The Morgan fingerprint density at radius 1 is 1.21 bits per heavy atom. The summed E-state index contributed by atoms with van der Waals surface area (Å²) in [5, 5.41) is 2.47. The van der Waals surface area contributed by atoms with E-state index in [0.717, 1.165) is 5.56 Å². The summed E-state index contributed by atoms with van der Waals surface area (Å²) in [7, 11) is 1.72. The molecule has 0 aliphatic carbocycles. The fourth-order valence-electron chi connectivity index (χ4n) is 1.64. The van der Waals surface area contributed by atoms with Crippen LogP contribution in [0.15, 0.2) is 36.4 Å². The van der Waals surface area contributed by atoms with Crippen molar-refractivity contribution in [2.45, 2.75) is 13.0 Å². The van der Waals surface area contributed by atoms with Crippen LogP contribution in [0.4, 0.5) is 0 Å². The molecule has 0 bridgehead atoms. The van der Waals surface area contributed by atoms with Gasteiger partial charge in [0, 0.05) is 7.11 Å². The van der Waals surface area contributed by atoms with Gasteiger partial charge in [-0.15, -0.1) is 0 Å². The minimum Gasteiger partial charge on any atom is -0.377 e. The lowest BCUT2D eigenvalue weighted by atomic mass is 10.0. The van der Waals surface area contributed by atoms with Crippen LogP contribution < -0.4 is 0 Å². The lowest BCUT2D eigenvalue weighted by Crippen LogP contribution is -1.96. The summed E-state index contributed by atoms with van der Waals surface area (Å²) in [6.45, 7) is 2.04. The van der Waals surface area contributed by atoms with Crippen molar-refractivity contribution in [3.8, 4) is 0 Å². The summed E-state index contributed by atoms with van der Waals surface area (Å²) >= 11 is 0. The van der Waals surface area contributed by atoms with Gasteiger partial charge in [0.05, 0.1) is 6.10 Å². The molecular weight excluding hydrogens is 172 g/mol. The maximum atomic E-state index is 5.31. The van der Waals surface area contributed by atoms with Gasteiger partial charge >= 0.3 is 0 Å². The van der Waals surface area contributed by atoms with Crippen LogP contribution in [-0.2, 0) is 4.74 Å². The average Bonchev–Trinajstić information content (AvgIpc) is 2.27. The lowest BCUT2D eigenvalue weighted by molar-refractivity contribution is 0.120. The molecular formula is C13H13O. The summed E-state index contributed by atoms with van der Waals surface area (Å²) in [5.41, 5.74) is 1.13.